The second-order valence-electron chi connectivity index (χ2n) is 5.02. The number of hydrogen-bond donors (Lipinski definition) is 0. The van der Waals surface area contributed by atoms with Gasteiger partial charge in [-0.2, -0.15) is 9.49 Å². The predicted octanol–water partition coefficient (Wildman–Crippen LogP) is 3.93. The van der Waals surface area contributed by atoms with Crippen LogP contribution in [0.1, 0.15) is 25.7 Å². The molecule has 0 N–H and O–H groups in total. The zero-order valence-electron chi connectivity index (χ0n) is 10.5. The van der Waals surface area contributed by atoms with Crippen LogP contribution in [0.3, 0.4) is 0 Å². The summed E-state index contributed by atoms with van der Waals surface area (Å²) in [7, 11) is 0. The van der Waals surface area contributed by atoms with Crippen molar-refractivity contribution < 1.29 is 4.39 Å². The molecule has 0 bridgehead atoms. The highest BCUT2D eigenvalue weighted by Gasteiger charge is 2.20. The number of rotatable bonds is 3. The van der Waals surface area contributed by atoms with Crippen LogP contribution >= 0.6 is 11.6 Å². The molecule has 1 saturated carbocycles. The molecule has 0 aromatic carbocycles. The maximum absolute atomic E-state index is 14.4. The Morgan fingerprint density at radius 1 is 1.32 bits per heavy atom. The fraction of sp³-hybridized carbons (Fsp3) is 0.429. The van der Waals surface area contributed by atoms with Crippen LogP contribution < -0.4 is 0 Å². The molecule has 1 fully saturated rings. The van der Waals surface area contributed by atoms with E-state index < -0.39 is 0 Å². The average molecular weight is 280 g/mol. The molecule has 3 rings (SSSR count). The van der Waals surface area contributed by atoms with Crippen molar-refractivity contribution in [1.82, 2.24) is 14.8 Å². The van der Waals surface area contributed by atoms with E-state index in [1.165, 1.54) is 36.6 Å². The van der Waals surface area contributed by atoms with E-state index in [1.54, 1.807) is 18.3 Å². The van der Waals surface area contributed by atoms with E-state index in [9.17, 15) is 4.39 Å². The van der Waals surface area contributed by atoms with Crippen molar-refractivity contribution in [3.05, 3.63) is 35.6 Å². The molecule has 0 atom stereocenters. The molecule has 1 aliphatic rings. The fourth-order valence-corrected chi connectivity index (χ4v) is 2.92. The number of aromatic nitrogens is 3. The van der Waals surface area contributed by atoms with Gasteiger partial charge in [0.1, 0.15) is 5.15 Å². The molecule has 19 heavy (non-hydrogen) atoms. The van der Waals surface area contributed by atoms with Crippen molar-refractivity contribution in [2.75, 3.05) is 0 Å². The van der Waals surface area contributed by atoms with Gasteiger partial charge < -0.3 is 0 Å². The van der Waals surface area contributed by atoms with Gasteiger partial charge in [0.15, 0.2) is 0 Å². The minimum Gasteiger partial charge on any atom is -0.244 e. The standard InChI is InChI=1S/C14H15ClFN3/c15-13-11(6-3-7-17-13)12-8-18-19(14(12)16)9-10-4-1-2-5-10/h3,6-8,10H,1-2,4-5,9H2. The Morgan fingerprint density at radius 2 is 2.11 bits per heavy atom. The smallest absolute Gasteiger partial charge is 0.219 e. The third kappa shape index (κ3) is 2.50. The van der Waals surface area contributed by atoms with Gasteiger partial charge in [-0.1, -0.05) is 24.4 Å². The first-order valence-electron chi connectivity index (χ1n) is 6.58. The Bertz CT molecular complexity index is 576. The second kappa shape index (κ2) is 5.29. The Balaban J connectivity index is 1.88. The quantitative estimate of drug-likeness (QED) is 0.797. The zero-order chi connectivity index (χ0) is 13.2. The van der Waals surface area contributed by atoms with Crippen LogP contribution in [0.15, 0.2) is 24.5 Å². The van der Waals surface area contributed by atoms with Crippen molar-refractivity contribution in [3.8, 4) is 11.1 Å². The second-order valence-corrected chi connectivity index (χ2v) is 5.38. The van der Waals surface area contributed by atoms with Crippen LogP contribution in [0.25, 0.3) is 11.1 Å². The molecule has 0 spiro atoms. The van der Waals surface area contributed by atoms with Crippen LogP contribution in [0, 0.1) is 11.9 Å². The van der Waals surface area contributed by atoms with Gasteiger partial charge in [0.05, 0.1) is 11.8 Å². The van der Waals surface area contributed by atoms with Crippen LogP contribution in [0.4, 0.5) is 4.39 Å². The summed E-state index contributed by atoms with van der Waals surface area (Å²) < 4.78 is 15.8. The van der Waals surface area contributed by atoms with E-state index in [1.807, 2.05) is 0 Å². The maximum Gasteiger partial charge on any atom is 0.219 e. The molecule has 3 nitrogen and oxygen atoms in total. The summed E-state index contributed by atoms with van der Waals surface area (Å²) in [5.41, 5.74) is 1.02. The normalized spacial score (nSPS) is 16.1. The molecule has 0 aliphatic heterocycles. The SMILES string of the molecule is Fc1c(-c2cccnc2Cl)cnn1CC1CCCC1. The molecule has 100 valence electrons. The number of hydrogen-bond acceptors (Lipinski definition) is 2. The molecule has 0 unspecified atom stereocenters. The number of nitrogens with zero attached hydrogens (tertiary/aromatic N) is 3. The van der Waals surface area contributed by atoms with Gasteiger partial charge in [-0.3, -0.25) is 0 Å². The highest BCUT2D eigenvalue weighted by Crippen LogP contribution is 2.30. The van der Waals surface area contributed by atoms with Crippen molar-refractivity contribution in [3.63, 3.8) is 0 Å². The first-order chi connectivity index (χ1) is 9.25. The molecule has 0 saturated heterocycles. The Morgan fingerprint density at radius 3 is 2.84 bits per heavy atom. The van der Waals surface area contributed by atoms with Crippen LogP contribution in [0.5, 0.6) is 0 Å². The summed E-state index contributed by atoms with van der Waals surface area (Å²) in [6.07, 6.45) is 7.95. The molecule has 5 heteroatoms. The van der Waals surface area contributed by atoms with E-state index in [4.69, 9.17) is 11.6 Å². The predicted molar refractivity (Wildman–Crippen MR) is 72.4 cm³/mol. The summed E-state index contributed by atoms with van der Waals surface area (Å²) in [4.78, 5) is 3.97. The first-order valence-corrected chi connectivity index (χ1v) is 6.95. The monoisotopic (exact) mass is 279 g/mol. The third-order valence-corrected chi connectivity index (χ3v) is 4.03. The first kappa shape index (κ1) is 12.6. The molecule has 2 aromatic rings. The highest BCUT2D eigenvalue weighted by atomic mass is 35.5. The van der Waals surface area contributed by atoms with Gasteiger partial charge in [-0.25, -0.2) is 9.67 Å². The van der Waals surface area contributed by atoms with E-state index in [2.05, 4.69) is 10.1 Å². The number of pyridine rings is 1. The Labute approximate surface area is 116 Å². The van der Waals surface area contributed by atoms with Crippen LogP contribution in [-0.2, 0) is 6.54 Å². The molecule has 2 heterocycles. The number of halogens is 2. The minimum atomic E-state index is -0.318. The summed E-state index contributed by atoms with van der Waals surface area (Å²) in [5, 5.41) is 4.46. The van der Waals surface area contributed by atoms with Crippen LogP contribution in [-0.4, -0.2) is 14.8 Å². The Kier molecular flexibility index (Phi) is 3.51. The molecule has 1 aliphatic carbocycles. The van der Waals surface area contributed by atoms with Crippen molar-refractivity contribution in [2.24, 2.45) is 5.92 Å². The zero-order valence-corrected chi connectivity index (χ0v) is 11.3. The topological polar surface area (TPSA) is 30.7 Å². The Hall–Kier alpha value is -1.42. The lowest BCUT2D eigenvalue weighted by Crippen LogP contribution is -2.10. The minimum absolute atomic E-state index is 0.307. The van der Waals surface area contributed by atoms with Gasteiger partial charge in [-0.05, 0) is 30.9 Å². The largest absolute Gasteiger partial charge is 0.244 e. The van der Waals surface area contributed by atoms with Crippen molar-refractivity contribution >= 4 is 11.6 Å². The van der Waals surface area contributed by atoms with Gasteiger partial charge in [0.2, 0.25) is 5.95 Å². The lowest BCUT2D eigenvalue weighted by atomic mass is 10.1. The maximum atomic E-state index is 14.4. The molecular formula is C14H15ClFN3. The third-order valence-electron chi connectivity index (χ3n) is 3.73. The molecule has 0 amide bonds. The lowest BCUT2D eigenvalue weighted by Gasteiger charge is -2.09. The summed E-state index contributed by atoms with van der Waals surface area (Å²) >= 11 is 6.00. The molecule has 2 aromatic heterocycles. The van der Waals surface area contributed by atoms with E-state index in [-0.39, 0.29) is 5.95 Å². The summed E-state index contributed by atoms with van der Waals surface area (Å²) in [6.45, 7) is 0.656. The van der Waals surface area contributed by atoms with Crippen molar-refractivity contribution in [2.45, 2.75) is 32.2 Å². The average Bonchev–Trinajstić information content (AvgIpc) is 3.03. The van der Waals surface area contributed by atoms with E-state index in [0.29, 0.717) is 28.7 Å². The van der Waals surface area contributed by atoms with Gasteiger partial charge in [0, 0.05) is 18.3 Å². The fourth-order valence-electron chi connectivity index (χ4n) is 2.70. The van der Waals surface area contributed by atoms with Crippen LogP contribution in [0.2, 0.25) is 5.15 Å². The molecule has 0 radical (unpaired) electrons. The molecular weight excluding hydrogens is 265 g/mol. The summed E-state index contributed by atoms with van der Waals surface area (Å²) in [6, 6.07) is 3.50. The lowest BCUT2D eigenvalue weighted by molar-refractivity contribution is 0.374. The van der Waals surface area contributed by atoms with E-state index in [0.717, 1.165) is 0 Å². The van der Waals surface area contributed by atoms with Gasteiger partial charge >= 0.3 is 0 Å². The van der Waals surface area contributed by atoms with Gasteiger partial charge in [-0.15, -0.1) is 0 Å². The van der Waals surface area contributed by atoms with E-state index >= 15 is 0 Å². The summed E-state index contributed by atoms with van der Waals surface area (Å²) in [5.74, 6) is 0.230. The highest BCUT2D eigenvalue weighted by molar-refractivity contribution is 6.32. The van der Waals surface area contributed by atoms with Gasteiger partial charge in [0.25, 0.3) is 0 Å². The van der Waals surface area contributed by atoms with Crippen molar-refractivity contribution in [1.29, 1.82) is 0 Å².